The smallest absolute Gasteiger partial charge is 0.875 e. The number of nitrogens with two attached hydrogens (primary N) is 1. The molecule has 0 rings (SSSR count). The van der Waals surface area contributed by atoms with Gasteiger partial charge in [0.05, 0.1) is 0 Å². The van der Waals surface area contributed by atoms with Crippen molar-refractivity contribution >= 4 is 18.7 Å². The van der Waals surface area contributed by atoms with Crippen molar-refractivity contribution in [2.45, 2.75) is 40.5 Å². The first-order chi connectivity index (χ1) is 9.66. The molecule has 0 fully saturated rings. The predicted molar refractivity (Wildman–Crippen MR) is 83.2 cm³/mol. The predicted octanol–water partition coefficient (Wildman–Crippen LogP) is 1.27. The van der Waals surface area contributed by atoms with E-state index in [1.54, 1.807) is 0 Å². The van der Waals surface area contributed by atoms with E-state index in [2.05, 4.69) is 20.4 Å². The van der Waals surface area contributed by atoms with Gasteiger partial charge in [-0.3, -0.25) is 9.59 Å². The van der Waals surface area contributed by atoms with Crippen LogP contribution in [0.25, 0.3) is 0 Å². The third-order valence-electron chi connectivity index (χ3n) is 0.228. The normalized spacial score (nSPS) is 5.12. The molecule has 0 unspecified atom stereocenters. The van der Waals surface area contributed by atoms with Crippen LogP contribution in [0.3, 0.4) is 0 Å². The topological polar surface area (TPSA) is 141 Å². The van der Waals surface area contributed by atoms with Crippen LogP contribution in [-0.4, -0.2) is 35.5 Å². The molecule has 0 saturated heterocycles. The van der Waals surface area contributed by atoms with Gasteiger partial charge in [-0.2, -0.15) is 12.8 Å². The number of carboxylic acid groups (broad SMARTS) is 2. The van der Waals surface area contributed by atoms with E-state index >= 15 is 0 Å². The Balaban J connectivity index is -0.0000000159. The average Bonchev–Trinajstić information content (AvgIpc) is 2.32. The van der Waals surface area contributed by atoms with Gasteiger partial charge in [-0.15, -0.1) is 12.3 Å². The molecule has 0 heterocycles. The Morgan fingerprint density at radius 3 is 1.12 bits per heavy atom. The van der Waals surface area contributed by atoms with Crippen molar-refractivity contribution in [3.8, 4) is 0 Å². The van der Waals surface area contributed by atoms with E-state index in [1.165, 1.54) is 13.8 Å². The zero-order valence-corrected chi connectivity index (χ0v) is 17.2. The summed E-state index contributed by atoms with van der Waals surface area (Å²) in [7, 11) is 0. The van der Waals surface area contributed by atoms with Crippen molar-refractivity contribution < 1.29 is 80.9 Å². The number of carbonyl (C=O) groups is 3. The molecule has 0 amide bonds. The van der Waals surface area contributed by atoms with E-state index < -0.39 is 0 Å². The number of carbonyl (C=O) groups excluding carboxylic acids is 1. The summed E-state index contributed by atoms with van der Waals surface area (Å²) in [6, 6.07) is 0. The van der Waals surface area contributed by atoms with Gasteiger partial charge in [-0.1, -0.05) is 13.8 Å². The summed E-state index contributed by atoms with van der Waals surface area (Å²) < 4.78 is 0. The van der Waals surface area contributed by atoms with E-state index in [0.717, 1.165) is 12.8 Å². The van der Waals surface area contributed by atoms with E-state index in [4.69, 9.17) is 25.5 Å². The summed E-state index contributed by atoms with van der Waals surface area (Å²) in [6.45, 7) is 16.6. The zero-order chi connectivity index (χ0) is 18.7. The number of Topliss-reactive ketones (excluding diaryl/α,β-unsaturated/α-hetero) is 1. The summed E-state index contributed by atoms with van der Waals surface area (Å²) >= 11 is 0. The van der Waals surface area contributed by atoms with Crippen LogP contribution in [0.15, 0.2) is 12.3 Å². The van der Waals surface area contributed by atoms with Crippen molar-refractivity contribution in [1.29, 1.82) is 0 Å². The first kappa shape index (κ1) is 56.5. The van der Waals surface area contributed by atoms with Gasteiger partial charge in [-0.25, -0.2) is 0 Å². The molecule has 24 heavy (non-hydrogen) atoms. The van der Waals surface area contributed by atoms with Crippen LogP contribution in [0.5, 0.6) is 0 Å². The molecule has 7 nitrogen and oxygen atoms in total. The molecule has 0 bridgehead atoms. The van der Waals surface area contributed by atoms with Crippen LogP contribution in [0.2, 0.25) is 0 Å². The third-order valence-corrected chi connectivity index (χ3v) is 0.228. The van der Waals surface area contributed by atoms with Crippen molar-refractivity contribution in [3.05, 3.63) is 26.2 Å². The first-order valence-corrected chi connectivity index (χ1v) is 5.93. The number of ketones is 1. The van der Waals surface area contributed by atoms with Gasteiger partial charge in [0.2, 0.25) is 0 Å². The maximum Gasteiger partial charge on any atom is 1.00 e. The first-order valence-electron chi connectivity index (χ1n) is 5.93. The summed E-state index contributed by atoms with van der Waals surface area (Å²) in [4.78, 5) is 26.2. The Labute approximate surface area is 178 Å². The molecule has 0 aromatic carbocycles. The van der Waals surface area contributed by atoms with Crippen molar-refractivity contribution in [1.82, 2.24) is 0 Å². The Kier molecular flexibility index (Phi) is 220. The minimum absolute atomic E-state index is 0. The van der Waals surface area contributed by atoms with Crippen LogP contribution in [0, 0.1) is 13.8 Å². The van der Waals surface area contributed by atoms with Crippen molar-refractivity contribution in [2.75, 3.05) is 6.54 Å². The summed E-state index contributed by atoms with van der Waals surface area (Å²) in [5, 5.41) is 23.4. The Morgan fingerprint density at radius 1 is 1.08 bits per heavy atom. The molecule has 0 aliphatic heterocycles. The van der Waals surface area contributed by atoms with Gasteiger partial charge < -0.3 is 39.7 Å². The fourth-order valence-electron chi connectivity index (χ4n) is 0. The molecular weight excluding hydrogens is 469 g/mol. The second-order valence-electron chi connectivity index (χ2n) is 2.86. The molecule has 0 aliphatic carbocycles. The van der Waals surface area contributed by atoms with Gasteiger partial charge >= 0.3 is 34.1 Å². The summed E-state index contributed by atoms with van der Waals surface area (Å²) in [5.74, 6) is -0.0509. The van der Waals surface area contributed by atoms with Gasteiger partial charge in [0.15, 0.2) is 0 Å². The SMILES string of the molecule is C=C([O-])CN.CC(C)=O.O=CO.O=CO.[CH2-]CC.[CH2-]CC.[Cu+].[Cu+].[Cu]. The minimum atomic E-state index is -0.250. The second kappa shape index (κ2) is 93.5. The maximum atomic E-state index is 9.58. The number of hydrogen-bond donors (Lipinski definition) is 3. The molecule has 0 atom stereocenters. The van der Waals surface area contributed by atoms with E-state index in [1.807, 2.05) is 13.8 Å². The molecular formula is C14H30Cu3NO6-. The molecule has 1 radical (unpaired) electrons. The van der Waals surface area contributed by atoms with Crippen LogP contribution < -0.4 is 10.8 Å². The maximum absolute atomic E-state index is 9.58. The van der Waals surface area contributed by atoms with E-state index in [9.17, 15) is 9.90 Å². The summed E-state index contributed by atoms with van der Waals surface area (Å²) in [6.07, 6.45) is 2.00. The third kappa shape index (κ3) is 3330. The van der Waals surface area contributed by atoms with Gasteiger partial charge in [-0.05, 0) is 13.8 Å². The standard InChI is InChI=1S/C3H7NO.C3H6O.2C3H7.2CH2O2.3Cu/c1-3(5)2-4;1-3(2)4;2*1-3-2;2*2-1-3;;;/h5H,1-2,4H2;1-2H3;2*1,3H2,2H3;2*1H,(H,2,3);;;/q;;2*-1;;;;2*+1/p-1. The molecule has 0 saturated carbocycles. The van der Waals surface area contributed by atoms with Gasteiger partial charge in [0.25, 0.3) is 12.9 Å². The monoisotopic (exact) mass is 497 g/mol. The van der Waals surface area contributed by atoms with E-state index in [0.29, 0.717) is 0 Å². The van der Waals surface area contributed by atoms with Crippen LogP contribution in [0.1, 0.15) is 40.5 Å². The number of hydrogen-bond acceptors (Lipinski definition) is 5. The fourth-order valence-corrected chi connectivity index (χ4v) is 0. The van der Waals surface area contributed by atoms with Crippen LogP contribution in [-0.2, 0) is 65.6 Å². The quantitative estimate of drug-likeness (QED) is 0.214. The summed E-state index contributed by atoms with van der Waals surface area (Å²) in [5.41, 5.74) is 4.76. The van der Waals surface area contributed by atoms with Crippen molar-refractivity contribution in [3.63, 3.8) is 0 Å². The molecule has 0 aromatic rings. The molecule has 10 heteroatoms. The second-order valence-corrected chi connectivity index (χ2v) is 2.86. The Morgan fingerprint density at radius 2 is 1.12 bits per heavy atom. The molecule has 0 spiro atoms. The number of rotatable bonds is 1. The van der Waals surface area contributed by atoms with Gasteiger partial charge in [0, 0.05) is 23.6 Å². The molecule has 4 N–H and O–H groups in total. The largest absolute Gasteiger partial charge is 1.00 e. The zero-order valence-electron chi connectivity index (χ0n) is 14.4. The van der Waals surface area contributed by atoms with Crippen LogP contribution in [0.4, 0.5) is 0 Å². The van der Waals surface area contributed by atoms with E-state index in [-0.39, 0.29) is 82.2 Å². The van der Waals surface area contributed by atoms with Crippen molar-refractivity contribution in [2.24, 2.45) is 5.73 Å². The van der Waals surface area contributed by atoms with Gasteiger partial charge in [0.1, 0.15) is 5.78 Å². The Hall–Kier alpha value is -0.332. The Bertz CT molecular complexity index is 197. The molecule has 161 valence electrons. The molecule has 0 aromatic heterocycles. The average molecular weight is 499 g/mol. The fraction of sp³-hybridized carbons (Fsp3) is 0.500. The molecule has 0 aliphatic rings. The minimum Gasteiger partial charge on any atom is -0.875 e. The van der Waals surface area contributed by atoms with Crippen LogP contribution >= 0.6 is 0 Å².